The molecule has 1 aromatic carbocycles. The SMILES string of the molecule is COc1ccc(CC(=O)NCC(=O)N2CCN(C=O)CC2)cc1OC. The van der Waals surface area contributed by atoms with E-state index >= 15 is 0 Å². The lowest BCUT2D eigenvalue weighted by Gasteiger charge is -2.32. The van der Waals surface area contributed by atoms with Crippen LogP contribution in [0.1, 0.15) is 5.56 Å². The van der Waals surface area contributed by atoms with Gasteiger partial charge in [-0.15, -0.1) is 0 Å². The Kier molecular flexibility index (Phi) is 6.62. The van der Waals surface area contributed by atoms with E-state index in [1.54, 1.807) is 35.1 Å². The Morgan fingerprint density at radius 1 is 1.12 bits per heavy atom. The lowest BCUT2D eigenvalue weighted by atomic mass is 10.1. The van der Waals surface area contributed by atoms with Gasteiger partial charge in [0.25, 0.3) is 0 Å². The topological polar surface area (TPSA) is 88.2 Å². The maximum atomic E-state index is 12.1. The number of nitrogens with zero attached hydrogens (tertiary/aromatic N) is 2. The number of benzene rings is 1. The molecule has 8 heteroatoms. The minimum absolute atomic E-state index is 0.0484. The zero-order valence-electron chi connectivity index (χ0n) is 14.5. The Bertz CT molecular complexity index is 627. The third kappa shape index (κ3) is 5.10. The van der Waals surface area contributed by atoms with Crippen LogP contribution in [-0.4, -0.2) is 75.0 Å². The highest BCUT2D eigenvalue weighted by Gasteiger charge is 2.20. The van der Waals surface area contributed by atoms with E-state index in [4.69, 9.17) is 9.47 Å². The van der Waals surface area contributed by atoms with Crippen LogP contribution in [0, 0.1) is 0 Å². The summed E-state index contributed by atoms with van der Waals surface area (Å²) in [5.41, 5.74) is 0.766. The molecule has 8 nitrogen and oxygen atoms in total. The third-order valence-electron chi connectivity index (χ3n) is 4.07. The number of nitrogens with one attached hydrogen (secondary N) is 1. The zero-order valence-corrected chi connectivity index (χ0v) is 14.5. The minimum Gasteiger partial charge on any atom is -0.493 e. The molecule has 3 amide bonds. The van der Waals surface area contributed by atoms with E-state index in [1.807, 2.05) is 0 Å². The molecule has 25 heavy (non-hydrogen) atoms. The number of rotatable bonds is 7. The van der Waals surface area contributed by atoms with Crippen LogP contribution in [-0.2, 0) is 20.8 Å². The summed E-state index contributed by atoms with van der Waals surface area (Å²) >= 11 is 0. The fourth-order valence-electron chi connectivity index (χ4n) is 2.60. The summed E-state index contributed by atoms with van der Waals surface area (Å²) in [6.07, 6.45) is 0.930. The Hall–Kier alpha value is -2.77. The molecule has 2 rings (SSSR count). The van der Waals surface area contributed by atoms with Crippen molar-refractivity contribution in [2.45, 2.75) is 6.42 Å². The molecule has 136 valence electrons. The van der Waals surface area contributed by atoms with E-state index in [-0.39, 0.29) is 24.8 Å². The quantitative estimate of drug-likeness (QED) is 0.681. The van der Waals surface area contributed by atoms with Gasteiger partial charge in [0.2, 0.25) is 18.2 Å². The van der Waals surface area contributed by atoms with Gasteiger partial charge < -0.3 is 24.6 Å². The number of carbonyl (C=O) groups is 3. The van der Waals surface area contributed by atoms with E-state index in [0.29, 0.717) is 37.7 Å². The Labute approximate surface area is 146 Å². The van der Waals surface area contributed by atoms with Gasteiger partial charge in [0.1, 0.15) is 0 Å². The Morgan fingerprint density at radius 2 is 1.80 bits per heavy atom. The smallest absolute Gasteiger partial charge is 0.242 e. The van der Waals surface area contributed by atoms with Crippen molar-refractivity contribution in [3.05, 3.63) is 23.8 Å². The summed E-state index contributed by atoms with van der Waals surface area (Å²) in [5, 5.41) is 2.63. The molecule has 1 aliphatic heterocycles. The van der Waals surface area contributed by atoms with Crippen LogP contribution >= 0.6 is 0 Å². The molecule has 1 fully saturated rings. The van der Waals surface area contributed by atoms with Crippen molar-refractivity contribution in [3.8, 4) is 11.5 Å². The van der Waals surface area contributed by atoms with Gasteiger partial charge in [-0.05, 0) is 17.7 Å². The molecule has 1 saturated heterocycles. The first-order valence-electron chi connectivity index (χ1n) is 8.02. The van der Waals surface area contributed by atoms with Crippen molar-refractivity contribution in [1.29, 1.82) is 0 Å². The van der Waals surface area contributed by atoms with Crippen LogP contribution in [0.4, 0.5) is 0 Å². The first kappa shape index (κ1) is 18.6. The standard InChI is InChI=1S/C17H23N3O5/c1-24-14-4-3-13(9-15(14)25-2)10-16(22)18-11-17(23)20-7-5-19(12-21)6-8-20/h3-4,9,12H,5-8,10-11H2,1-2H3,(H,18,22). The molecule has 0 aromatic heterocycles. The first-order chi connectivity index (χ1) is 12.1. The molecule has 0 atom stereocenters. The summed E-state index contributed by atoms with van der Waals surface area (Å²) in [6.45, 7) is 1.98. The number of hydrogen-bond donors (Lipinski definition) is 1. The van der Waals surface area contributed by atoms with Crippen molar-refractivity contribution in [2.24, 2.45) is 0 Å². The number of hydrogen-bond acceptors (Lipinski definition) is 5. The van der Waals surface area contributed by atoms with Crippen LogP contribution < -0.4 is 14.8 Å². The highest BCUT2D eigenvalue weighted by molar-refractivity contribution is 5.86. The first-order valence-corrected chi connectivity index (χ1v) is 8.02. The molecule has 0 bridgehead atoms. The van der Waals surface area contributed by atoms with Gasteiger partial charge in [0.05, 0.1) is 27.2 Å². The molecule has 1 heterocycles. The summed E-state index contributed by atoms with van der Waals surface area (Å²) in [4.78, 5) is 38.1. The zero-order chi connectivity index (χ0) is 18.2. The maximum Gasteiger partial charge on any atom is 0.242 e. The number of methoxy groups -OCH3 is 2. The molecule has 0 radical (unpaired) electrons. The van der Waals surface area contributed by atoms with E-state index in [0.717, 1.165) is 12.0 Å². The monoisotopic (exact) mass is 349 g/mol. The van der Waals surface area contributed by atoms with Crippen molar-refractivity contribution in [3.63, 3.8) is 0 Å². The second kappa shape index (κ2) is 8.91. The second-order valence-corrected chi connectivity index (χ2v) is 5.67. The third-order valence-corrected chi connectivity index (χ3v) is 4.07. The highest BCUT2D eigenvalue weighted by Crippen LogP contribution is 2.27. The van der Waals surface area contributed by atoms with E-state index in [2.05, 4.69) is 5.32 Å². The molecule has 0 saturated carbocycles. The average Bonchev–Trinajstić information content (AvgIpc) is 2.66. The van der Waals surface area contributed by atoms with Crippen molar-refractivity contribution >= 4 is 18.2 Å². The average molecular weight is 349 g/mol. The van der Waals surface area contributed by atoms with Crippen LogP contribution in [0.15, 0.2) is 18.2 Å². The number of amides is 3. The molecular weight excluding hydrogens is 326 g/mol. The number of carbonyl (C=O) groups excluding carboxylic acids is 3. The number of ether oxygens (including phenoxy) is 2. The van der Waals surface area contributed by atoms with Gasteiger partial charge in [0.15, 0.2) is 11.5 Å². The van der Waals surface area contributed by atoms with Gasteiger partial charge in [0, 0.05) is 26.2 Å². The van der Waals surface area contributed by atoms with Crippen molar-refractivity contribution in [2.75, 3.05) is 46.9 Å². The van der Waals surface area contributed by atoms with Crippen LogP contribution in [0.5, 0.6) is 11.5 Å². The Balaban J connectivity index is 1.80. The lowest BCUT2D eigenvalue weighted by Crippen LogP contribution is -2.50. The molecule has 1 N–H and O–H groups in total. The van der Waals surface area contributed by atoms with E-state index < -0.39 is 0 Å². The Morgan fingerprint density at radius 3 is 2.40 bits per heavy atom. The van der Waals surface area contributed by atoms with Crippen LogP contribution in [0.2, 0.25) is 0 Å². The van der Waals surface area contributed by atoms with Crippen LogP contribution in [0.25, 0.3) is 0 Å². The molecule has 0 spiro atoms. The van der Waals surface area contributed by atoms with E-state index in [9.17, 15) is 14.4 Å². The lowest BCUT2D eigenvalue weighted by molar-refractivity contribution is -0.135. The summed E-state index contributed by atoms with van der Waals surface area (Å²) in [5.74, 6) is 0.756. The predicted octanol–water partition coefficient (Wildman–Crippen LogP) is -0.337. The molecule has 0 unspecified atom stereocenters. The van der Waals surface area contributed by atoms with Crippen molar-refractivity contribution in [1.82, 2.24) is 15.1 Å². The minimum atomic E-state index is -0.243. The van der Waals surface area contributed by atoms with Gasteiger partial charge in [-0.3, -0.25) is 14.4 Å². The van der Waals surface area contributed by atoms with E-state index in [1.165, 1.54) is 7.11 Å². The predicted molar refractivity (Wildman–Crippen MR) is 90.5 cm³/mol. The van der Waals surface area contributed by atoms with Gasteiger partial charge in [-0.25, -0.2) is 0 Å². The van der Waals surface area contributed by atoms with Gasteiger partial charge in [-0.2, -0.15) is 0 Å². The molecule has 1 aliphatic rings. The fraction of sp³-hybridized carbons (Fsp3) is 0.471. The summed E-state index contributed by atoms with van der Waals surface area (Å²) in [6, 6.07) is 5.25. The largest absolute Gasteiger partial charge is 0.493 e. The molecular formula is C17H23N3O5. The van der Waals surface area contributed by atoms with Gasteiger partial charge in [-0.1, -0.05) is 6.07 Å². The maximum absolute atomic E-state index is 12.1. The van der Waals surface area contributed by atoms with Crippen molar-refractivity contribution < 1.29 is 23.9 Å². The molecule has 0 aliphatic carbocycles. The second-order valence-electron chi connectivity index (χ2n) is 5.67. The highest BCUT2D eigenvalue weighted by atomic mass is 16.5. The van der Waals surface area contributed by atoms with Gasteiger partial charge >= 0.3 is 0 Å². The van der Waals surface area contributed by atoms with Crippen LogP contribution in [0.3, 0.4) is 0 Å². The number of piperazine rings is 1. The molecule has 1 aromatic rings. The fourth-order valence-corrected chi connectivity index (χ4v) is 2.60. The summed E-state index contributed by atoms with van der Waals surface area (Å²) < 4.78 is 10.4. The normalized spacial score (nSPS) is 14.0. The summed E-state index contributed by atoms with van der Waals surface area (Å²) in [7, 11) is 3.08.